The quantitative estimate of drug-likeness (QED) is 0.409. The van der Waals surface area contributed by atoms with E-state index in [2.05, 4.69) is 33.1 Å². The molecule has 2 aliphatic rings. The number of aliphatic hydroxyl groups is 1. The van der Waals surface area contributed by atoms with Crippen LogP contribution in [0.25, 0.3) is 11.1 Å². The van der Waals surface area contributed by atoms with Crippen molar-refractivity contribution in [3.8, 4) is 11.1 Å². The van der Waals surface area contributed by atoms with Gasteiger partial charge in [-0.3, -0.25) is 0 Å². The monoisotopic (exact) mass is 444 g/mol. The fourth-order valence-corrected chi connectivity index (χ4v) is 4.35. The van der Waals surface area contributed by atoms with Crippen molar-refractivity contribution in [1.29, 1.82) is 0 Å². The number of hydrogen-bond donors (Lipinski definition) is 4. The summed E-state index contributed by atoms with van der Waals surface area (Å²) in [6.07, 6.45) is 8.01. The molecule has 2 aromatic rings. The van der Waals surface area contributed by atoms with Gasteiger partial charge >= 0.3 is 0 Å². The fourth-order valence-electron chi connectivity index (χ4n) is 4.14. The lowest BCUT2D eigenvalue weighted by Gasteiger charge is -2.30. The van der Waals surface area contributed by atoms with Crippen LogP contribution in [0, 0.1) is 0 Å². The summed E-state index contributed by atoms with van der Waals surface area (Å²) in [5.41, 5.74) is 2.45. The molecule has 7 heteroatoms. The summed E-state index contributed by atoms with van der Waals surface area (Å²) < 4.78 is 5.12. The molecule has 2 saturated carbocycles. The predicted octanol–water partition coefficient (Wildman–Crippen LogP) is 4.30. The van der Waals surface area contributed by atoms with Crippen molar-refractivity contribution in [3.63, 3.8) is 0 Å². The van der Waals surface area contributed by atoms with Crippen LogP contribution < -0.4 is 16.0 Å². The van der Waals surface area contributed by atoms with E-state index in [1.165, 1.54) is 0 Å². The van der Waals surface area contributed by atoms with Crippen LogP contribution in [0.1, 0.15) is 38.5 Å². The predicted molar refractivity (Wildman–Crippen MR) is 127 cm³/mol. The van der Waals surface area contributed by atoms with Crippen LogP contribution in [0.15, 0.2) is 36.5 Å². The van der Waals surface area contributed by atoms with E-state index in [9.17, 15) is 5.11 Å². The lowest BCUT2D eigenvalue weighted by atomic mass is 9.91. The number of anilines is 2. The largest absolute Gasteiger partial charge is 0.388 e. The van der Waals surface area contributed by atoms with E-state index in [0.29, 0.717) is 23.7 Å². The van der Waals surface area contributed by atoms with Gasteiger partial charge in [-0.05, 0) is 62.3 Å². The third-order valence-electron chi connectivity index (χ3n) is 6.30. The molecule has 0 amide bonds. The second kappa shape index (κ2) is 10.2. The van der Waals surface area contributed by atoms with E-state index in [1.807, 2.05) is 18.2 Å². The van der Waals surface area contributed by atoms with Gasteiger partial charge in [-0.1, -0.05) is 23.7 Å². The molecule has 4 rings (SSSR count). The topological polar surface area (TPSA) is 78.4 Å². The smallest absolute Gasteiger partial charge is 0.126 e. The highest BCUT2D eigenvalue weighted by molar-refractivity contribution is 6.33. The molecule has 0 aliphatic heterocycles. The molecule has 168 valence electrons. The molecule has 2 aliphatic carbocycles. The zero-order valence-electron chi connectivity index (χ0n) is 18.2. The summed E-state index contributed by atoms with van der Waals surface area (Å²) in [6.45, 7) is 2.25. The average Bonchev–Trinajstić information content (AvgIpc) is 3.53. The van der Waals surface area contributed by atoms with Crippen molar-refractivity contribution in [2.45, 2.75) is 56.2 Å². The molecule has 0 atom stereocenters. The Morgan fingerprint density at radius 1 is 1.16 bits per heavy atom. The molecule has 4 N–H and O–H groups in total. The van der Waals surface area contributed by atoms with Gasteiger partial charge in [-0.2, -0.15) is 0 Å². The van der Waals surface area contributed by atoms with Crippen LogP contribution >= 0.6 is 11.6 Å². The molecular formula is C24H33ClN4O2. The van der Waals surface area contributed by atoms with Gasteiger partial charge in [0, 0.05) is 49.7 Å². The second-order valence-corrected chi connectivity index (χ2v) is 9.26. The highest BCUT2D eigenvalue weighted by Gasteiger charge is 2.39. The maximum atomic E-state index is 10.1. The number of methoxy groups -OCH3 is 1. The maximum Gasteiger partial charge on any atom is 0.126 e. The van der Waals surface area contributed by atoms with Crippen LogP contribution in [-0.4, -0.2) is 54.6 Å². The van der Waals surface area contributed by atoms with Gasteiger partial charge in [-0.15, -0.1) is 0 Å². The van der Waals surface area contributed by atoms with Crippen LogP contribution in [0.5, 0.6) is 0 Å². The highest BCUT2D eigenvalue weighted by Crippen LogP contribution is 2.36. The highest BCUT2D eigenvalue weighted by atomic mass is 35.5. The van der Waals surface area contributed by atoms with Crippen molar-refractivity contribution in [2.24, 2.45) is 0 Å². The summed E-state index contributed by atoms with van der Waals surface area (Å²) >= 11 is 6.50. The van der Waals surface area contributed by atoms with Crippen molar-refractivity contribution in [3.05, 3.63) is 41.6 Å². The minimum Gasteiger partial charge on any atom is -0.388 e. The van der Waals surface area contributed by atoms with E-state index in [1.54, 1.807) is 13.3 Å². The molecule has 0 unspecified atom stereocenters. The van der Waals surface area contributed by atoms with Gasteiger partial charge in [0.15, 0.2) is 0 Å². The lowest BCUT2D eigenvalue weighted by Crippen LogP contribution is -2.38. The summed E-state index contributed by atoms with van der Waals surface area (Å²) in [4.78, 5) is 4.51. The molecule has 31 heavy (non-hydrogen) atoms. The fraction of sp³-hybridized carbons (Fsp3) is 0.542. The Bertz CT molecular complexity index is 866. The SMILES string of the molecule is COCCN[C@H]1CC[C@H](Nc2cc(-c3cccc(NCC4(O)CC4)c3)c(Cl)cn2)CC1. The summed E-state index contributed by atoms with van der Waals surface area (Å²) in [5, 5.41) is 21.2. The lowest BCUT2D eigenvalue weighted by molar-refractivity contribution is 0.164. The first kappa shape index (κ1) is 22.3. The minimum absolute atomic E-state index is 0.425. The van der Waals surface area contributed by atoms with E-state index in [4.69, 9.17) is 16.3 Å². The van der Waals surface area contributed by atoms with E-state index in [-0.39, 0.29) is 0 Å². The Kier molecular flexibility index (Phi) is 7.33. The number of hydrogen-bond acceptors (Lipinski definition) is 6. The Balaban J connectivity index is 1.36. The van der Waals surface area contributed by atoms with E-state index in [0.717, 1.165) is 74.3 Å². The number of nitrogens with zero attached hydrogens (tertiary/aromatic N) is 1. The average molecular weight is 445 g/mol. The van der Waals surface area contributed by atoms with E-state index < -0.39 is 5.60 Å². The number of pyridine rings is 1. The van der Waals surface area contributed by atoms with Crippen LogP contribution in [-0.2, 0) is 4.74 Å². The molecule has 6 nitrogen and oxygen atoms in total. The zero-order chi connectivity index (χ0) is 21.7. The first-order valence-electron chi connectivity index (χ1n) is 11.3. The Hall–Kier alpha value is -1.86. The summed E-state index contributed by atoms with van der Waals surface area (Å²) in [6, 6.07) is 11.2. The van der Waals surface area contributed by atoms with Crippen LogP contribution in [0.3, 0.4) is 0 Å². The molecule has 0 saturated heterocycles. The molecule has 1 aromatic heterocycles. The first-order chi connectivity index (χ1) is 15.0. The molecule has 1 heterocycles. The third kappa shape index (κ3) is 6.32. The number of halogens is 1. The molecule has 2 fully saturated rings. The van der Waals surface area contributed by atoms with Crippen molar-refractivity contribution in [1.82, 2.24) is 10.3 Å². The second-order valence-electron chi connectivity index (χ2n) is 8.85. The normalized spacial score (nSPS) is 22.2. The van der Waals surface area contributed by atoms with Crippen LogP contribution in [0.4, 0.5) is 11.5 Å². The standard InChI is InChI=1S/C24H33ClN4O2/c1-31-12-11-26-18-5-7-19(8-6-18)29-23-14-21(22(25)15-27-23)17-3-2-4-20(13-17)28-16-24(30)9-10-24/h2-4,13-15,18-19,26,28,30H,5-12,16H2,1H3,(H,27,29)/t18-,19-. The molecule has 1 aromatic carbocycles. The van der Waals surface area contributed by atoms with Crippen LogP contribution in [0.2, 0.25) is 5.02 Å². The Morgan fingerprint density at radius 2 is 1.94 bits per heavy atom. The number of benzene rings is 1. The first-order valence-corrected chi connectivity index (χ1v) is 11.6. The number of rotatable bonds is 10. The van der Waals surface area contributed by atoms with Crippen molar-refractivity contribution < 1.29 is 9.84 Å². The number of nitrogens with one attached hydrogen (secondary N) is 3. The van der Waals surface area contributed by atoms with E-state index >= 15 is 0 Å². The molecule has 0 spiro atoms. The van der Waals surface area contributed by atoms with Crippen molar-refractivity contribution in [2.75, 3.05) is 37.4 Å². The number of aromatic nitrogens is 1. The Labute approximate surface area is 189 Å². The van der Waals surface area contributed by atoms with Gasteiger partial charge < -0.3 is 25.8 Å². The Morgan fingerprint density at radius 3 is 2.68 bits per heavy atom. The third-order valence-corrected chi connectivity index (χ3v) is 6.60. The summed E-state index contributed by atoms with van der Waals surface area (Å²) in [7, 11) is 1.74. The van der Waals surface area contributed by atoms with Gasteiger partial charge in [-0.25, -0.2) is 4.98 Å². The minimum atomic E-state index is -0.528. The molecule has 0 bridgehead atoms. The molecular weight excluding hydrogens is 412 g/mol. The zero-order valence-corrected chi connectivity index (χ0v) is 18.9. The molecule has 0 radical (unpaired) electrons. The van der Waals surface area contributed by atoms with Crippen molar-refractivity contribution >= 4 is 23.1 Å². The van der Waals surface area contributed by atoms with Gasteiger partial charge in [0.25, 0.3) is 0 Å². The maximum absolute atomic E-state index is 10.1. The number of ether oxygens (including phenoxy) is 1. The van der Waals surface area contributed by atoms with Gasteiger partial charge in [0.05, 0.1) is 17.2 Å². The van der Waals surface area contributed by atoms with Gasteiger partial charge in [0.2, 0.25) is 0 Å². The summed E-state index contributed by atoms with van der Waals surface area (Å²) in [5.74, 6) is 0.862. The van der Waals surface area contributed by atoms with Gasteiger partial charge in [0.1, 0.15) is 5.82 Å².